The average Bonchev–Trinajstić information content (AvgIpc) is 2.99. The molecule has 5 nitrogen and oxygen atoms in total. The summed E-state index contributed by atoms with van der Waals surface area (Å²) in [6.07, 6.45) is 0. The Hall–Kier alpha value is -1.40. The molecule has 0 unspecified atom stereocenters. The molecule has 0 atom stereocenters. The Balaban J connectivity index is 1.81. The van der Waals surface area contributed by atoms with Gasteiger partial charge in [0, 0.05) is 44.5 Å². The summed E-state index contributed by atoms with van der Waals surface area (Å²) in [5, 5.41) is 2.06. The summed E-state index contributed by atoms with van der Waals surface area (Å²) < 4.78 is 0. The van der Waals surface area contributed by atoms with Crippen LogP contribution in [0.3, 0.4) is 0 Å². The number of hydrogen-bond acceptors (Lipinski definition) is 4. The maximum atomic E-state index is 12.4. The normalized spacial score (nSPS) is 15.6. The SMILES string of the molecule is CCN(CC(=O)N1CCN(C(C)=O)CC1)Cc1cccs1. The van der Waals surface area contributed by atoms with Gasteiger partial charge in [0.1, 0.15) is 0 Å². The van der Waals surface area contributed by atoms with Gasteiger partial charge < -0.3 is 9.80 Å². The van der Waals surface area contributed by atoms with Gasteiger partial charge in [-0.3, -0.25) is 14.5 Å². The van der Waals surface area contributed by atoms with Crippen molar-refractivity contribution in [3.63, 3.8) is 0 Å². The van der Waals surface area contributed by atoms with Crippen molar-refractivity contribution in [2.24, 2.45) is 0 Å². The van der Waals surface area contributed by atoms with E-state index in [9.17, 15) is 9.59 Å². The molecule has 2 heterocycles. The first kappa shape index (κ1) is 16.0. The fourth-order valence-corrected chi connectivity index (χ4v) is 3.21. The van der Waals surface area contributed by atoms with E-state index in [2.05, 4.69) is 23.3 Å². The van der Waals surface area contributed by atoms with Crippen molar-refractivity contribution in [3.05, 3.63) is 22.4 Å². The molecular weight excluding hydrogens is 286 g/mol. The quantitative estimate of drug-likeness (QED) is 0.822. The van der Waals surface area contributed by atoms with E-state index in [1.54, 1.807) is 23.2 Å². The van der Waals surface area contributed by atoms with Crippen molar-refractivity contribution in [2.45, 2.75) is 20.4 Å². The monoisotopic (exact) mass is 309 g/mol. The van der Waals surface area contributed by atoms with E-state index in [1.165, 1.54) is 4.88 Å². The van der Waals surface area contributed by atoms with Gasteiger partial charge in [0.2, 0.25) is 11.8 Å². The van der Waals surface area contributed by atoms with E-state index in [0.29, 0.717) is 32.7 Å². The van der Waals surface area contributed by atoms with Crippen molar-refractivity contribution in [3.8, 4) is 0 Å². The molecule has 0 spiro atoms. The third-order valence-electron chi connectivity index (χ3n) is 3.84. The first-order valence-electron chi connectivity index (χ1n) is 7.38. The zero-order valence-electron chi connectivity index (χ0n) is 12.7. The van der Waals surface area contributed by atoms with Crippen molar-refractivity contribution < 1.29 is 9.59 Å². The highest BCUT2D eigenvalue weighted by atomic mass is 32.1. The van der Waals surface area contributed by atoms with Gasteiger partial charge in [0.15, 0.2) is 0 Å². The van der Waals surface area contributed by atoms with Crippen LogP contribution in [-0.4, -0.2) is 65.8 Å². The van der Waals surface area contributed by atoms with Crippen LogP contribution in [0.25, 0.3) is 0 Å². The smallest absolute Gasteiger partial charge is 0.236 e. The number of likely N-dealkylation sites (N-methyl/N-ethyl adjacent to an activating group) is 1. The minimum Gasteiger partial charge on any atom is -0.339 e. The molecule has 2 rings (SSSR count). The van der Waals surface area contributed by atoms with E-state index in [4.69, 9.17) is 0 Å². The van der Waals surface area contributed by atoms with Gasteiger partial charge in [0.05, 0.1) is 6.54 Å². The highest BCUT2D eigenvalue weighted by Gasteiger charge is 2.23. The van der Waals surface area contributed by atoms with Crippen LogP contribution in [0.1, 0.15) is 18.7 Å². The number of nitrogens with zero attached hydrogens (tertiary/aromatic N) is 3. The number of thiophene rings is 1. The summed E-state index contributed by atoms with van der Waals surface area (Å²) in [4.78, 5) is 30.8. The lowest BCUT2D eigenvalue weighted by Gasteiger charge is -2.35. The molecule has 0 radical (unpaired) electrons. The molecule has 0 aliphatic carbocycles. The van der Waals surface area contributed by atoms with Crippen molar-refractivity contribution in [1.29, 1.82) is 0 Å². The van der Waals surface area contributed by atoms with E-state index < -0.39 is 0 Å². The Labute approximate surface area is 130 Å². The van der Waals surface area contributed by atoms with Gasteiger partial charge >= 0.3 is 0 Å². The Bertz CT molecular complexity index is 467. The first-order chi connectivity index (χ1) is 10.1. The minimum atomic E-state index is 0.0926. The predicted octanol–water partition coefficient (Wildman–Crippen LogP) is 1.26. The summed E-state index contributed by atoms with van der Waals surface area (Å²) in [5.74, 6) is 0.256. The molecule has 0 aromatic carbocycles. The van der Waals surface area contributed by atoms with Crippen LogP contribution in [-0.2, 0) is 16.1 Å². The highest BCUT2D eigenvalue weighted by Crippen LogP contribution is 2.12. The highest BCUT2D eigenvalue weighted by molar-refractivity contribution is 7.09. The largest absolute Gasteiger partial charge is 0.339 e. The second kappa shape index (κ2) is 7.56. The van der Waals surface area contributed by atoms with Gasteiger partial charge in [-0.15, -0.1) is 11.3 Å². The summed E-state index contributed by atoms with van der Waals surface area (Å²) in [6.45, 7) is 8.39. The van der Waals surface area contributed by atoms with Crippen LogP contribution in [0.5, 0.6) is 0 Å². The van der Waals surface area contributed by atoms with Gasteiger partial charge in [-0.05, 0) is 18.0 Å². The lowest BCUT2D eigenvalue weighted by molar-refractivity contribution is -0.139. The lowest BCUT2D eigenvalue weighted by Crippen LogP contribution is -2.52. The Morgan fingerprint density at radius 2 is 1.90 bits per heavy atom. The number of carbonyl (C=O) groups is 2. The zero-order chi connectivity index (χ0) is 15.2. The van der Waals surface area contributed by atoms with E-state index >= 15 is 0 Å². The van der Waals surface area contributed by atoms with Crippen LogP contribution >= 0.6 is 11.3 Å². The van der Waals surface area contributed by atoms with Crippen LogP contribution in [0.15, 0.2) is 17.5 Å². The molecule has 1 aliphatic rings. The Kier molecular flexibility index (Phi) is 5.76. The topological polar surface area (TPSA) is 43.9 Å². The molecule has 116 valence electrons. The molecule has 0 bridgehead atoms. The number of amides is 2. The molecule has 0 saturated carbocycles. The molecule has 1 aromatic rings. The maximum Gasteiger partial charge on any atom is 0.236 e. The third-order valence-corrected chi connectivity index (χ3v) is 4.70. The number of rotatable bonds is 5. The van der Waals surface area contributed by atoms with Crippen molar-refractivity contribution in [1.82, 2.24) is 14.7 Å². The zero-order valence-corrected chi connectivity index (χ0v) is 13.6. The summed E-state index contributed by atoms with van der Waals surface area (Å²) >= 11 is 1.72. The summed E-state index contributed by atoms with van der Waals surface area (Å²) in [5.41, 5.74) is 0. The molecule has 1 aliphatic heterocycles. The van der Waals surface area contributed by atoms with Gasteiger partial charge in [-0.2, -0.15) is 0 Å². The van der Waals surface area contributed by atoms with E-state index in [-0.39, 0.29) is 11.8 Å². The van der Waals surface area contributed by atoms with Crippen LogP contribution in [0.2, 0.25) is 0 Å². The van der Waals surface area contributed by atoms with Crippen LogP contribution < -0.4 is 0 Å². The molecule has 2 amide bonds. The van der Waals surface area contributed by atoms with Gasteiger partial charge in [0.25, 0.3) is 0 Å². The van der Waals surface area contributed by atoms with Crippen molar-refractivity contribution >= 4 is 23.2 Å². The van der Waals surface area contributed by atoms with Gasteiger partial charge in [-0.25, -0.2) is 0 Å². The standard InChI is InChI=1S/C15H23N3O2S/c1-3-16(11-14-5-4-10-21-14)12-15(20)18-8-6-17(7-9-18)13(2)19/h4-5,10H,3,6-9,11-12H2,1-2H3. The maximum absolute atomic E-state index is 12.4. The van der Waals surface area contributed by atoms with Crippen LogP contribution in [0.4, 0.5) is 0 Å². The minimum absolute atomic E-state index is 0.0926. The summed E-state index contributed by atoms with van der Waals surface area (Å²) in [7, 11) is 0. The van der Waals surface area contributed by atoms with Crippen LogP contribution in [0, 0.1) is 0 Å². The summed E-state index contributed by atoms with van der Waals surface area (Å²) in [6, 6.07) is 4.14. The predicted molar refractivity (Wildman–Crippen MR) is 84.1 cm³/mol. The molecule has 0 N–H and O–H groups in total. The molecule has 1 saturated heterocycles. The molecule has 21 heavy (non-hydrogen) atoms. The van der Waals surface area contributed by atoms with Gasteiger partial charge in [-0.1, -0.05) is 13.0 Å². The number of hydrogen-bond donors (Lipinski definition) is 0. The Morgan fingerprint density at radius 3 is 2.43 bits per heavy atom. The molecular formula is C15H23N3O2S. The fraction of sp³-hybridized carbons (Fsp3) is 0.600. The second-order valence-corrected chi connectivity index (χ2v) is 6.30. The third kappa shape index (κ3) is 4.54. The molecule has 1 aromatic heterocycles. The van der Waals surface area contributed by atoms with E-state index in [0.717, 1.165) is 13.1 Å². The molecule has 1 fully saturated rings. The lowest BCUT2D eigenvalue weighted by atomic mass is 10.3. The van der Waals surface area contributed by atoms with E-state index in [1.807, 2.05) is 11.0 Å². The van der Waals surface area contributed by atoms with Crippen molar-refractivity contribution in [2.75, 3.05) is 39.3 Å². The average molecular weight is 309 g/mol. The number of piperazine rings is 1. The molecule has 6 heteroatoms. The Morgan fingerprint density at radius 1 is 1.24 bits per heavy atom. The second-order valence-electron chi connectivity index (χ2n) is 5.27. The fourth-order valence-electron chi connectivity index (χ4n) is 2.46. The first-order valence-corrected chi connectivity index (χ1v) is 8.26. The number of carbonyl (C=O) groups excluding carboxylic acids is 2.